The summed E-state index contributed by atoms with van der Waals surface area (Å²) in [5, 5.41) is 0.772. The highest BCUT2D eigenvalue weighted by molar-refractivity contribution is 6.31. The van der Waals surface area contributed by atoms with Crippen LogP contribution in [0, 0.1) is 6.92 Å². The van der Waals surface area contributed by atoms with Crippen LogP contribution in [0.5, 0.6) is 5.75 Å². The first-order chi connectivity index (χ1) is 7.08. The number of hydrogen-bond acceptors (Lipinski definition) is 2. The number of aryl methyl sites for hydroxylation is 1. The maximum atomic E-state index is 6.07. The highest BCUT2D eigenvalue weighted by Crippen LogP contribution is 2.27. The predicted octanol–water partition coefficient (Wildman–Crippen LogP) is 3.36. The van der Waals surface area contributed by atoms with E-state index >= 15 is 0 Å². The molecule has 16 heavy (non-hydrogen) atoms. The molecule has 2 nitrogen and oxygen atoms in total. The first kappa shape index (κ1) is 15.6. The Labute approximate surface area is 109 Å². The van der Waals surface area contributed by atoms with Crippen molar-refractivity contribution in [3.05, 3.63) is 28.3 Å². The molecule has 0 fully saturated rings. The van der Waals surface area contributed by atoms with E-state index in [0.29, 0.717) is 0 Å². The number of methoxy groups -OCH3 is 1. The molecule has 4 heteroatoms. The minimum absolute atomic E-state index is 0. The molecule has 0 spiro atoms. The summed E-state index contributed by atoms with van der Waals surface area (Å²) in [7, 11) is 1.67. The number of ether oxygens (including phenoxy) is 1. The molecule has 92 valence electrons. The van der Waals surface area contributed by atoms with E-state index in [1.54, 1.807) is 7.11 Å². The third-order valence-electron chi connectivity index (χ3n) is 2.57. The first-order valence-corrected chi connectivity index (χ1v) is 5.54. The zero-order chi connectivity index (χ0) is 11.4. The third kappa shape index (κ3) is 3.85. The Hall–Kier alpha value is -0.440. The van der Waals surface area contributed by atoms with Gasteiger partial charge in [-0.25, -0.2) is 0 Å². The smallest absolute Gasteiger partial charge is 0.122 e. The van der Waals surface area contributed by atoms with Crippen LogP contribution in [-0.2, 0) is 6.42 Å². The molecule has 0 aliphatic heterocycles. The molecule has 0 saturated carbocycles. The minimum Gasteiger partial charge on any atom is -0.496 e. The largest absolute Gasteiger partial charge is 0.496 e. The van der Waals surface area contributed by atoms with E-state index in [9.17, 15) is 0 Å². The van der Waals surface area contributed by atoms with Crippen molar-refractivity contribution in [2.75, 3.05) is 7.11 Å². The molecule has 0 bridgehead atoms. The summed E-state index contributed by atoms with van der Waals surface area (Å²) in [6.07, 6.45) is 1.76. The molecular formula is C12H19Cl2NO. The van der Waals surface area contributed by atoms with Crippen molar-refractivity contribution < 1.29 is 4.74 Å². The van der Waals surface area contributed by atoms with Crippen molar-refractivity contribution in [1.29, 1.82) is 0 Å². The lowest BCUT2D eigenvalue weighted by Crippen LogP contribution is -2.21. The molecule has 0 heterocycles. The van der Waals surface area contributed by atoms with Gasteiger partial charge in [0.25, 0.3) is 0 Å². The van der Waals surface area contributed by atoms with Crippen molar-refractivity contribution >= 4 is 24.0 Å². The molecule has 0 aromatic heterocycles. The molecule has 1 aromatic rings. The fourth-order valence-corrected chi connectivity index (χ4v) is 1.66. The van der Waals surface area contributed by atoms with E-state index in [1.807, 2.05) is 19.1 Å². The second-order valence-electron chi connectivity index (χ2n) is 3.79. The van der Waals surface area contributed by atoms with Crippen molar-refractivity contribution in [2.45, 2.75) is 32.7 Å². The van der Waals surface area contributed by atoms with Crippen LogP contribution in [0.4, 0.5) is 0 Å². The second kappa shape index (κ2) is 7.00. The van der Waals surface area contributed by atoms with Crippen LogP contribution < -0.4 is 10.5 Å². The molecule has 0 aliphatic rings. The highest BCUT2D eigenvalue weighted by atomic mass is 35.5. The quantitative estimate of drug-likeness (QED) is 0.905. The Morgan fingerprint density at radius 2 is 2.06 bits per heavy atom. The van der Waals surface area contributed by atoms with Gasteiger partial charge >= 0.3 is 0 Å². The number of halogens is 2. The Morgan fingerprint density at radius 3 is 2.56 bits per heavy atom. The maximum absolute atomic E-state index is 6.07. The van der Waals surface area contributed by atoms with E-state index < -0.39 is 0 Å². The lowest BCUT2D eigenvalue weighted by atomic mass is 10.0. The molecule has 2 N–H and O–H groups in total. The molecule has 1 aromatic carbocycles. The topological polar surface area (TPSA) is 35.2 Å². The van der Waals surface area contributed by atoms with E-state index in [-0.39, 0.29) is 18.4 Å². The summed E-state index contributed by atoms with van der Waals surface area (Å²) in [6, 6.07) is 4.07. The lowest BCUT2D eigenvalue weighted by molar-refractivity contribution is 0.407. The Kier molecular flexibility index (Phi) is 6.81. The molecular weight excluding hydrogens is 245 g/mol. The zero-order valence-corrected chi connectivity index (χ0v) is 11.5. The lowest BCUT2D eigenvalue weighted by Gasteiger charge is -2.14. The van der Waals surface area contributed by atoms with Gasteiger partial charge in [0, 0.05) is 11.1 Å². The summed E-state index contributed by atoms with van der Waals surface area (Å²) in [5.41, 5.74) is 8.03. The van der Waals surface area contributed by atoms with Crippen molar-refractivity contribution in [3.63, 3.8) is 0 Å². The van der Waals surface area contributed by atoms with Crippen molar-refractivity contribution in [3.8, 4) is 5.75 Å². The summed E-state index contributed by atoms with van der Waals surface area (Å²) in [4.78, 5) is 0. The molecule has 0 amide bonds. The standard InChI is InChI=1S/C12H18ClNO.ClH/c1-4-10(14)6-9-7-11(13)8(2)5-12(9)15-3;/h5,7,10H,4,6,14H2,1-3H3;1H. The van der Waals surface area contributed by atoms with Gasteiger partial charge in [0.1, 0.15) is 5.75 Å². The van der Waals surface area contributed by atoms with Gasteiger partial charge in [0.2, 0.25) is 0 Å². The number of hydrogen-bond donors (Lipinski definition) is 1. The molecule has 1 unspecified atom stereocenters. The van der Waals surface area contributed by atoms with E-state index in [4.69, 9.17) is 22.1 Å². The van der Waals surface area contributed by atoms with Crippen molar-refractivity contribution in [1.82, 2.24) is 0 Å². The van der Waals surface area contributed by atoms with Gasteiger partial charge in [-0.05, 0) is 43.0 Å². The molecule has 0 aliphatic carbocycles. The molecule has 0 radical (unpaired) electrons. The minimum atomic E-state index is 0. The van der Waals surface area contributed by atoms with E-state index in [0.717, 1.165) is 34.7 Å². The van der Waals surface area contributed by atoms with Gasteiger partial charge in [-0.3, -0.25) is 0 Å². The fraction of sp³-hybridized carbons (Fsp3) is 0.500. The SMILES string of the molecule is CCC(N)Cc1cc(Cl)c(C)cc1OC.Cl. The second-order valence-corrected chi connectivity index (χ2v) is 4.19. The van der Waals surface area contributed by atoms with Crippen LogP contribution in [0.2, 0.25) is 5.02 Å². The van der Waals surface area contributed by atoms with Gasteiger partial charge in [-0.1, -0.05) is 18.5 Å². The van der Waals surface area contributed by atoms with Crippen LogP contribution in [0.3, 0.4) is 0 Å². The zero-order valence-electron chi connectivity index (χ0n) is 9.92. The van der Waals surface area contributed by atoms with Crippen LogP contribution in [-0.4, -0.2) is 13.2 Å². The predicted molar refractivity (Wildman–Crippen MR) is 72.0 cm³/mol. The van der Waals surface area contributed by atoms with Gasteiger partial charge in [-0.15, -0.1) is 12.4 Å². The first-order valence-electron chi connectivity index (χ1n) is 5.17. The van der Waals surface area contributed by atoms with Gasteiger partial charge < -0.3 is 10.5 Å². The average Bonchev–Trinajstić information content (AvgIpc) is 2.22. The maximum Gasteiger partial charge on any atom is 0.122 e. The van der Waals surface area contributed by atoms with Crippen LogP contribution >= 0.6 is 24.0 Å². The average molecular weight is 264 g/mol. The van der Waals surface area contributed by atoms with Crippen LogP contribution in [0.25, 0.3) is 0 Å². The number of nitrogens with two attached hydrogens (primary N) is 1. The van der Waals surface area contributed by atoms with Crippen LogP contribution in [0.15, 0.2) is 12.1 Å². The molecule has 1 rings (SSSR count). The Balaban J connectivity index is 0.00000225. The molecule has 0 saturated heterocycles. The van der Waals surface area contributed by atoms with Gasteiger partial charge in [0.15, 0.2) is 0 Å². The van der Waals surface area contributed by atoms with Crippen LogP contribution in [0.1, 0.15) is 24.5 Å². The summed E-state index contributed by atoms with van der Waals surface area (Å²) in [5.74, 6) is 0.876. The fourth-order valence-electron chi connectivity index (χ4n) is 1.47. The van der Waals surface area contributed by atoms with Gasteiger partial charge in [0.05, 0.1) is 7.11 Å². The summed E-state index contributed by atoms with van der Waals surface area (Å²) in [6.45, 7) is 4.04. The number of benzene rings is 1. The Bertz CT molecular complexity index is 342. The highest BCUT2D eigenvalue weighted by Gasteiger charge is 2.09. The summed E-state index contributed by atoms with van der Waals surface area (Å²) >= 11 is 6.07. The normalized spacial score (nSPS) is 11.8. The van der Waals surface area contributed by atoms with E-state index in [1.165, 1.54) is 0 Å². The van der Waals surface area contributed by atoms with Crippen molar-refractivity contribution in [2.24, 2.45) is 5.73 Å². The monoisotopic (exact) mass is 263 g/mol. The number of rotatable bonds is 4. The van der Waals surface area contributed by atoms with E-state index in [2.05, 4.69) is 6.92 Å². The summed E-state index contributed by atoms with van der Waals surface area (Å²) < 4.78 is 5.31. The Morgan fingerprint density at radius 1 is 1.44 bits per heavy atom. The molecule has 1 atom stereocenters. The van der Waals surface area contributed by atoms with Gasteiger partial charge in [-0.2, -0.15) is 0 Å². The third-order valence-corrected chi connectivity index (χ3v) is 2.98.